The summed E-state index contributed by atoms with van der Waals surface area (Å²) in [4.78, 5) is 0. The highest BCUT2D eigenvalue weighted by atomic mass is 32.2. The molecule has 0 aliphatic heterocycles. The Morgan fingerprint density at radius 3 is 2.15 bits per heavy atom. The molecule has 3 fully saturated rings. The number of nitrogens with zero attached hydrogens (tertiary/aromatic N) is 1. The first-order valence-corrected chi connectivity index (χ1v) is 9.12. The van der Waals surface area contributed by atoms with E-state index in [2.05, 4.69) is 0 Å². The largest absolute Gasteiger partial charge is 0.241 e. The molecular weight excluding hydrogens is 284 g/mol. The molecule has 0 radical (unpaired) electrons. The zero-order valence-electron chi connectivity index (χ0n) is 11.9. The van der Waals surface area contributed by atoms with Gasteiger partial charge in [-0.2, -0.15) is 0 Å². The van der Waals surface area contributed by atoms with E-state index in [4.69, 9.17) is 0 Å². The Labute approximate surface area is 119 Å². The van der Waals surface area contributed by atoms with Crippen molar-refractivity contribution in [1.82, 2.24) is 4.31 Å². The molecular formula is C14H23F2NO2S. The molecule has 0 saturated heterocycles. The van der Waals surface area contributed by atoms with Gasteiger partial charge >= 0.3 is 0 Å². The fourth-order valence-corrected chi connectivity index (χ4v) is 6.45. The Hall–Kier alpha value is -0.230. The van der Waals surface area contributed by atoms with Gasteiger partial charge in [-0.05, 0) is 50.4 Å². The molecule has 1 unspecified atom stereocenters. The van der Waals surface area contributed by atoms with Crippen LogP contribution in [0.3, 0.4) is 0 Å². The Bertz CT molecular complexity index is 468. The van der Waals surface area contributed by atoms with Crippen molar-refractivity contribution in [3.05, 3.63) is 0 Å². The number of rotatable bonds is 4. The smallest absolute Gasteiger partial charge is 0.212 e. The van der Waals surface area contributed by atoms with Gasteiger partial charge in [0.25, 0.3) is 0 Å². The molecule has 116 valence electrons. The first-order valence-electron chi connectivity index (χ1n) is 7.62. The minimum absolute atomic E-state index is 0.0762. The summed E-state index contributed by atoms with van der Waals surface area (Å²) >= 11 is 0. The average molecular weight is 307 g/mol. The topological polar surface area (TPSA) is 37.4 Å². The summed E-state index contributed by atoms with van der Waals surface area (Å²) < 4.78 is 52.0. The molecule has 0 aromatic heterocycles. The van der Waals surface area contributed by atoms with Crippen LogP contribution in [0.1, 0.15) is 51.4 Å². The number of alkyl halides is 2. The second kappa shape index (κ2) is 4.90. The standard InChI is InChI=1S/C14H23F2NO2S/c1-17(11-5-3-10(4-6-11)13(15)16)20(18,19)12-9-14(12)7-2-8-14/h10-13H,2-9H2,1H3. The molecule has 3 aliphatic carbocycles. The lowest BCUT2D eigenvalue weighted by Crippen LogP contribution is -2.43. The van der Waals surface area contributed by atoms with E-state index in [-0.39, 0.29) is 16.7 Å². The zero-order valence-corrected chi connectivity index (χ0v) is 12.7. The SMILES string of the molecule is CN(C1CCC(C(F)F)CC1)S(=O)(=O)C1CC12CCC2. The van der Waals surface area contributed by atoms with Crippen molar-refractivity contribution < 1.29 is 17.2 Å². The van der Waals surface area contributed by atoms with Crippen LogP contribution < -0.4 is 0 Å². The van der Waals surface area contributed by atoms with Crippen LogP contribution in [0, 0.1) is 11.3 Å². The van der Waals surface area contributed by atoms with Gasteiger partial charge in [0.15, 0.2) is 0 Å². The van der Waals surface area contributed by atoms with Crippen LogP contribution >= 0.6 is 0 Å². The van der Waals surface area contributed by atoms with E-state index in [0.717, 1.165) is 25.7 Å². The predicted octanol–water partition coefficient (Wildman–Crippen LogP) is 3.01. The molecule has 20 heavy (non-hydrogen) atoms. The third-order valence-corrected chi connectivity index (χ3v) is 8.32. The van der Waals surface area contributed by atoms with Gasteiger partial charge in [-0.1, -0.05) is 6.42 Å². The van der Waals surface area contributed by atoms with Gasteiger partial charge in [0.05, 0.1) is 5.25 Å². The predicted molar refractivity (Wildman–Crippen MR) is 73.1 cm³/mol. The van der Waals surface area contributed by atoms with Crippen molar-refractivity contribution in [2.75, 3.05) is 7.05 Å². The molecule has 0 amide bonds. The quantitative estimate of drug-likeness (QED) is 0.800. The van der Waals surface area contributed by atoms with E-state index < -0.39 is 22.4 Å². The lowest BCUT2D eigenvalue weighted by molar-refractivity contribution is 0.0457. The second-order valence-electron chi connectivity index (χ2n) is 6.87. The van der Waals surface area contributed by atoms with E-state index in [0.29, 0.717) is 25.7 Å². The molecule has 3 aliphatic rings. The summed E-state index contributed by atoms with van der Waals surface area (Å²) in [5.41, 5.74) is 0.0905. The Morgan fingerprint density at radius 2 is 1.75 bits per heavy atom. The van der Waals surface area contributed by atoms with Gasteiger partial charge in [0.1, 0.15) is 0 Å². The highest BCUT2D eigenvalue weighted by Gasteiger charge is 2.64. The van der Waals surface area contributed by atoms with Gasteiger partial charge < -0.3 is 0 Å². The molecule has 0 N–H and O–H groups in total. The van der Waals surface area contributed by atoms with Crippen LogP contribution in [0.15, 0.2) is 0 Å². The summed E-state index contributed by atoms with van der Waals surface area (Å²) in [6.07, 6.45) is 3.82. The summed E-state index contributed by atoms with van der Waals surface area (Å²) in [6, 6.07) is -0.0762. The van der Waals surface area contributed by atoms with Gasteiger partial charge in [-0.25, -0.2) is 21.5 Å². The highest BCUT2D eigenvalue weighted by molar-refractivity contribution is 7.90. The highest BCUT2D eigenvalue weighted by Crippen LogP contribution is 2.64. The van der Waals surface area contributed by atoms with Crippen molar-refractivity contribution in [3.63, 3.8) is 0 Å². The molecule has 0 heterocycles. The van der Waals surface area contributed by atoms with Crippen molar-refractivity contribution >= 4 is 10.0 Å². The van der Waals surface area contributed by atoms with E-state index in [1.165, 1.54) is 4.31 Å². The second-order valence-corrected chi connectivity index (χ2v) is 9.05. The van der Waals surface area contributed by atoms with Crippen LogP contribution in [-0.2, 0) is 10.0 Å². The third-order valence-electron chi connectivity index (χ3n) is 5.84. The number of hydrogen-bond acceptors (Lipinski definition) is 2. The molecule has 3 saturated carbocycles. The molecule has 0 aromatic carbocycles. The number of hydrogen-bond donors (Lipinski definition) is 0. The lowest BCUT2D eigenvalue weighted by Gasteiger charge is -2.35. The van der Waals surface area contributed by atoms with Crippen LogP contribution in [0.25, 0.3) is 0 Å². The Morgan fingerprint density at radius 1 is 1.15 bits per heavy atom. The molecule has 1 atom stereocenters. The minimum Gasteiger partial charge on any atom is -0.212 e. The molecule has 0 bridgehead atoms. The van der Waals surface area contributed by atoms with Crippen molar-refractivity contribution in [1.29, 1.82) is 0 Å². The first-order chi connectivity index (χ1) is 9.37. The minimum atomic E-state index is -3.23. The van der Waals surface area contributed by atoms with Crippen LogP contribution in [0.5, 0.6) is 0 Å². The van der Waals surface area contributed by atoms with Crippen LogP contribution in [0.2, 0.25) is 0 Å². The van der Waals surface area contributed by atoms with E-state index in [1.807, 2.05) is 0 Å². The zero-order chi connectivity index (χ0) is 14.5. The maximum Gasteiger partial charge on any atom is 0.241 e. The monoisotopic (exact) mass is 307 g/mol. The Kier molecular flexibility index (Phi) is 3.60. The summed E-state index contributed by atoms with van der Waals surface area (Å²) in [7, 11) is -1.58. The van der Waals surface area contributed by atoms with Gasteiger partial charge in [-0.15, -0.1) is 0 Å². The van der Waals surface area contributed by atoms with E-state index in [9.17, 15) is 17.2 Å². The number of sulfonamides is 1. The van der Waals surface area contributed by atoms with Crippen molar-refractivity contribution in [2.45, 2.75) is 69.1 Å². The van der Waals surface area contributed by atoms with Crippen molar-refractivity contribution in [3.8, 4) is 0 Å². The third kappa shape index (κ3) is 2.28. The fraction of sp³-hybridized carbons (Fsp3) is 1.00. The fourth-order valence-electron chi connectivity index (χ4n) is 4.01. The first kappa shape index (κ1) is 14.7. The Balaban J connectivity index is 1.60. The summed E-state index contributed by atoms with van der Waals surface area (Å²) in [5.74, 6) is -0.541. The summed E-state index contributed by atoms with van der Waals surface area (Å²) in [6.45, 7) is 0. The summed E-state index contributed by atoms with van der Waals surface area (Å²) in [5, 5.41) is -0.193. The van der Waals surface area contributed by atoms with Gasteiger partial charge in [-0.3, -0.25) is 0 Å². The number of halogens is 2. The molecule has 0 aromatic rings. The molecule has 3 nitrogen and oxygen atoms in total. The maximum atomic E-state index is 12.6. The van der Waals surface area contributed by atoms with Crippen LogP contribution in [-0.4, -0.2) is 37.5 Å². The van der Waals surface area contributed by atoms with Gasteiger partial charge in [0, 0.05) is 19.0 Å². The molecule has 3 rings (SSSR count). The van der Waals surface area contributed by atoms with E-state index >= 15 is 0 Å². The van der Waals surface area contributed by atoms with Crippen LogP contribution in [0.4, 0.5) is 8.78 Å². The molecule has 6 heteroatoms. The van der Waals surface area contributed by atoms with Crippen molar-refractivity contribution in [2.24, 2.45) is 11.3 Å². The maximum absolute atomic E-state index is 12.6. The van der Waals surface area contributed by atoms with Gasteiger partial charge in [0.2, 0.25) is 16.4 Å². The lowest BCUT2D eigenvalue weighted by atomic mass is 9.82. The molecule has 1 spiro atoms. The average Bonchev–Trinajstić information content (AvgIpc) is 3.14. The van der Waals surface area contributed by atoms with E-state index in [1.54, 1.807) is 7.05 Å². The normalized spacial score (nSPS) is 36.4.